The quantitative estimate of drug-likeness (QED) is 0.608. The van der Waals surface area contributed by atoms with E-state index in [1.807, 2.05) is 35.1 Å². The topological polar surface area (TPSA) is 82.2 Å². The van der Waals surface area contributed by atoms with Crippen LogP contribution in [0.1, 0.15) is 24.0 Å². The van der Waals surface area contributed by atoms with Gasteiger partial charge < -0.3 is 15.8 Å². The molecule has 1 amide bonds. The first kappa shape index (κ1) is 22.0. The van der Waals surface area contributed by atoms with Crippen molar-refractivity contribution in [3.8, 4) is 11.1 Å². The third-order valence-corrected chi connectivity index (χ3v) is 5.30. The van der Waals surface area contributed by atoms with Gasteiger partial charge in [-0.15, -0.1) is 12.4 Å². The molecular formula is C23H27ClN4O2. The molecule has 4 rings (SSSR count). The van der Waals surface area contributed by atoms with Crippen LogP contribution in [0.15, 0.2) is 67.0 Å². The second-order valence-electron chi connectivity index (χ2n) is 7.34. The summed E-state index contributed by atoms with van der Waals surface area (Å²) in [6.45, 7) is 1.68. The van der Waals surface area contributed by atoms with E-state index in [1.54, 1.807) is 6.20 Å². The van der Waals surface area contributed by atoms with Crippen LogP contribution in [0, 0.1) is 0 Å². The number of rotatable bonds is 7. The van der Waals surface area contributed by atoms with E-state index in [0.29, 0.717) is 13.1 Å². The fraction of sp³-hybridized carbons (Fsp3) is 0.304. The summed E-state index contributed by atoms with van der Waals surface area (Å²) >= 11 is 0. The van der Waals surface area contributed by atoms with Crippen molar-refractivity contribution in [3.63, 3.8) is 0 Å². The molecule has 0 saturated carbocycles. The molecule has 0 aliphatic carbocycles. The van der Waals surface area contributed by atoms with Crippen LogP contribution in [0.2, 0.25) is 0 Å². The highest BCUT2D eigenvalue weighted by Gasteiger charge is 2.29. The van der Waals surface area contributed by atoms with Gasteiger partial charge in [-0.05, 0) is 41.2 Å². The average molecular weight is 427 g/mol. The number of nitrogens with two attached hydrogens (primary N) is 1. The molecule has 2 aromatic carbocycles. The Morgan fingerprint density at radius 2 is 1.93 bits per heavy atom. The number of nitrogens with one attached hydrogen (secondary N) is 1. The summed E-state index contributed by atoms with van der Waals surface area (Å²) in [5, 5.41) is 7.27. The number of carbonyl (C=O) groups is 1. The van der Waals surface area contributed by atoms with E-state index in [-0.39, 0.29) is 24.4 Å². The summed E-state index contributed by atoms with van der Waals surface area (Å²) in [4.78, 5) is 12.4. The molecule has 2 heterocycles. The lowest BCUT2D eigenvalue weighted by Crippen LogP contribution is -2.35. The maximum absolute atomic E-state index is 12.4. The molecular weight excluding hydrogens is 400 g/mol. The molecule has 3 N–H and O–H groups in total. The molecule has 1 aliphatic heterocycles. The zero-order valence-corrected chi connectivity index (χ0v) is 17.6. The zero-order valence-electron chi connectivity index (χ0n) is 16.7. The van der Waals surface area contributed by atoms with Gasteiger partial charge in [-0.3, -0.25) is 9.48 Å². The second-order valence-corrected chi connectivity index (χ2v) is 7.34. The number of amides is 1. The molecule has 7 heteroatoms. The van der Waals surface area contributed by atoms with Crippen LogP contribution in [-0.4, -0.2) is 34.4 Å². The van der Waals surface area contributed by atoms with Crippen molar-refractivity contribution in [1.82, 2.24) is 15.1 Å². The Labute approximate surface area is 182 Å². The summed E-state index contributed by atoms with van der Waals surface area (Å²) in [6, 6.07) is 18.5. The SMILES string of the molecule is Cl.NC[C@H]1CC[C@@H](C(=O)NCc2ccccc2-c2ccc(Cn3cccn3)cc2)O1. The van der Waals surface area contributed by atoms with Crippen LogP contribution in [0.3, 0.4) is 0 Å². The highest BCUT2D eigenvalue weighted by Crippen LogP contribution is 2.25. The van der Waals surface area contributed by atoms with Gasteiger partial charge in [0.15, 0.2) is 0 Å². The number of nitrogens with zero attached hydrogens (tertiary/aromatic N) is 2. The van der Waals surface area contributed by atoms with Crippen LogP contribution in [-0.2, 0) is 22.6 Å². The van der Waals surface area contributed by atoms with Crippen LogP contribution < -0.4 is 11.1 Å². The highest BCUT2D eigenvalue weighted by atomic mass is 35.5. The van der Waals surface area contributed by atoms with Gasteiger partial charge in [0.25, 0.3) is 0 Å². The minimum absolute atomic E-state index is 0. The number of halogens is 1. The molecule has 0 radical (unpaired) electrons. The van der Waals surface area contributed by atoms with Crippen molar-refractivity contribution in [2.75, 3.05) is 6.54 Å². The molecule has 1 fully saturated rings. The largest absolute Gasteiger partial charge is 0.364 e. The Morgan fingerprint density at radius 1 is 1.13 bits per heavy atom. The summed E-state index contributed by atoms with van der Waals surface area (Å²) in [5.74, 6) is -0.0645. The van der Waals surface area contributed by atoms with E-state index in [2.05, 4.69) is 40.7 Å². The molecule has 1 aliphatic rings. The first-order chi connectivity index (χ1) is 14.2. The third kappa shape index (κ3) is 5.27. The van der Waals surface area contributed by atoms with Crippen LogP contribution in [0.25, 0.3) is 11.1 Å². The lowest BCUT2D eigenvalue weighted by Gasteiger charge is -2.15. The fourth-order valence-corrected chi connectivity index (χ4v) is 3.69. The zero-order chi connectivity index (χ0) is 20.1. The predicted octanol–water partition coefficient (Wildman–Crippen LogP) is 3.14. The van der Waals surface area contributed by atoms with Crippen molar-refractivity contribution in [2.45, 2.75) is 38.1 Å². The molecule has 2 atom stereocenters. The van der Waals surface area contributed by atoms with E-state index in [4.69, 9.17) is 10.5 Å². The minimum atomic E-state index is -0.391. The van der Waals surface area contributed by atoms with E-state index in [0.717, 1.165) is 36.1 Å². The number of benzene rings is 2. The van der Waals surface area contributed by atoms with E-state index < -0.39 is 6.10 Å². The Morgan fingerprint density at radius 3 is 2.63 bits per heavy atom. The third-order valence-electron chi connectivity index (χ3n) is 5.30. The molecule has 30 heavy (non-hydrogen) atoms. The summed E-state index contributed by atoms with van der Waals surface area (Å²) in [5.41, 5.74) is 10.1. The van der Waals surface area contributed by atoms with Crippen molar-refractivity contribution >= 4 is 18.3 Å². The maximum Gasteiger partial charge on any atom is 0.249 e. The molecule has 1 saturated heterocycles. The van der Waals surface area contributed by atoms with Gasteiger partial charge in [-0.1, -0.05) is 48.5 Å². The molecule has 0 unspecified atom stereocenters. The first-order valence-electron chi connectivity index (χ1n) is 10.0. The maximum atomic E-state index is 12.4. The van der Waals surface area contributed by atoms with E-state index >= 15 is 0 Å². The smallest absolute Gasteiger partial charge is 0.249 e. The lowest BCUT2D eigenvalue weighted by atomic mass is 9.98. The Balaban J connectivity index is 0.00000256. The van der Waals surface area contributed by atoms with E-state index in [9.17, 15) is 4.79 Å². The van der Waals surface area contributed by atoms with Crippen LogP contribution in [0.4, 0.5) is 0 Å². The summed E-state index contributed by atoms with van der Waals surface area (Å²) in [7, 11) is 0. The molecule has 158 valence electrons. The summed E-state index contributed by atoms with van der Waals surface area (Å²) < 4.78 is 7.59. The van der Waals surface area contributed by atoms with Gasteiger partial charge in [0.2, 0.25) is 5.91 Å². The molecule has 1 aromatic heterocycles. The number of hydrogen-bond acceptors (Lipinski definition) is 4. The van der Waals surface area contributed by atoms with Crippen molar-refractivity contribution in [2.24, 2.45) is 5.73 Å². The van der Waals surface area contributed by atoms with Crippen LogP contribution >= 0.6 is 12.4 Å². The van der Waals surface area contributed by atoms with Crippen molar-refractivity contribution in [3.05, 3.63) is 78.1 Å². The van der Waals surface area contributed by atoms with Crippen molar-refractivity contribution in [1.29, 1.82) is 0 Å². The molecule has 0 bridgehead atoms. The van der Waals surface area contributed by atoms with Crippen molar-refractivity contribution < 1.29 is 9.53 Å². The Bertz CT molecular complexity index is 944. The lowest BCUT2D eigenvalue weighted by molar-refractivity contribution is -0.132. The molecule has 6 nitrogen and oxygen atoms in total. The Hall–Kier alpha value is -2.67. The highest BCUT2D eigenvalue weighted by molar-refractivity contribution is 5.85. The van der Waals surface area contributed by atoms with Gasteiger partial charge >= 0.3 is 0 Å². The minimum Gasteiger partial charge on any atom is -0.364 e. The van der Waals surface area contributed by atoms with Gasteiger partial charge in [-0.25, -0.2) is 0 Å². The molecule has 0 spiro atoms. The fourth-order valence-electron chi connectivity index (χ4n) is 3.69. The number of carbonyl (C=O) groups excluding carboxylic acids is 1. The standard InChI is InChI=1S/C23H26N4O2.ClH/c24-14-20-10-11-22(29-20)23(28)25-15-19-4-1-2-5-21(19)18-8-6-17(7-9-18)16-27-13-3-12-26-27;/h1-9,12-13,20,22H,10-11,14-16,24H2,(H,25,28);1H/t20-,22+;/m1./s1. The first-order valence-corrected chi connectivity index (χ1v) is 10.0. The Kier molecular flexibility index (Phi) is 7.63. The normalized spacial score (nSPS) is 18.0. The number of aromatic nitrogens is 2. The van der Waals surface area contributed by atoms with Gasteiger partial charge in [0.1, 0.15) is 6.10 Å². The number of hydrogen-bond donors (Lipinski definition) is 2. The molecule has 3 aromatic rings. The average Bonchev–Trinajstić information content (AvgIpc) is 3.45. The second kappa shape index (κ2) is 10.4. The number of ether oxygens (including phenoxy) is 1. The van der Waals surface area contributed by atoms with Crippen LogP contribution in [0.5, 0.6) is 0 Å². The van der Waals surface area contributed by atoms with Gasteiger partial charge in [-0.2, -0.15) is 5.10 Å². The van der Waals surface area contributed by atoms with Gasteiger partial charge in [0, 0.05) is 25.5 Å². The summed E-state index contributed by atoms with van der Waals surface area (Å²) in [6.07, 6.45) is 4.92. The monoisotopic (exact) mass is 426 g/mol. The predicted molar refractivity (Wildman–Crippen MR) is 119 cm³/mol. The van der Waals surface area contributed by atoms with Gasteiger partial charge in [0.05, 0.1) is 12.6 Å². The van der Waals surface area contributed by atoms with E-state index in [1.165, 1.54) is 5.56 Å².